The third kappa shape index (κ3) is 4.38. The Balaban J connectivity index is 1.54. The molecule has 0 aliphatic heterocycles. The number of halogens is 3. The minimum atomic E-state index is -1.07. The van der Waals surface area contributed by atoms with E-state index in [1.165, 1.54) is 25.3 Å². The molecule has 0 aromatic heterocycles. The van der Waals surface area contributed by atoms with Gasteiger partial charge in [0.05, 0.1) is 20.3 Å². The molecule has 1 fully saturated rings. The van der Waals surface area contributed by atoms with Crippen molar-refractivity contribution in [2.45, 2.75) is 38.2 Å². The van der Waals surface area contributed by atoms with Gasteiger partial charge in [-0.05, 0) is 67.3 Å². The zero-order valence-corrected chi connectivity index (χ0v) is 15.2. The highest BCUT2D eigenvalue weighted by Crippen LogP contribution is 2.37. The topological polar surface area (TPSA) is 38.7 Å². The zero-order valence-electron chi connectivity index (χ0n) is 15.2. The van der Waals surface area contributed by atoms with Crippen molar-refractivity contribution >= 4 is 0 Å². The van der Waals surface area contributed by atoms with Crippen LogP contribution in [0.3, 0.4) is 0 Å². The molecule has 2 aromatic carbocycles. The maximum atomic E-state index is 13.9. The molecule has 146 valence electrons. The van der Waals surface area contributed by atoms with Crippen molar-refractivity contribution in [1.29, 1.82) is 0 Å². The Kier molecular flexibility index (Phi) is 6.26. The largest absolute Gasteiger partial charge is 0.494 e. The molecule has 0 saturated heterocycles. The quantitative estimate of drug-likeness (QED) is 0.770. The van der Waals surface area contributed by atoms with Crippen molar-refractivity contribution in [3.8, 4) is 11.5 Å². The van der Waals surface area contributed by atoms with Gasteiger partial charge >= 0.3 is 0 Å². The van der Waals surface area contributed by atoms with Crippen LogP contribution < -0.4 is 9.47 Å². The van der Waals surface area contributed by atoms with Gasteiger partial charge in [-0.25, -0.2) is 8.78 Å². The standard InChI is InChI=1S/C21H23F3O3/c1-26-18-8-6-15(10-17(18)22)14-4-2-13(3-5-14)12-27-19-9-7-16(11-25)20(23)21(19)24/h6-10,13-14,25H,2-5,11-12H2,1H3. The fraction of sp³-hybridized carbons (Fsp3) is 0.429. The number of rotatable bonds is 6. The highest BCUT2D eigenvalue weighted by molar-refractivity contribution is 5.32. The summed E-state index contributed by atoms with van der Waals surface area (Å²) < 4.78 is 51.9. The van der Waals surface area contributed by atoms with E-state index in [-0.39, 0.29) is 34.7 Å². The number of aliphatic hydroxyl groups is 1. The fourth-order valence-electron chi connectivity index (χ4n) is 3.61. The van der Waals surface area contributed by atoms with Gasteiger partial charge in [0.25, 0.3) is 0 Å². The first-order valence-electron chi connectivity index (χ1n) is 9.07. The highest BCUT2D eigenvalue weighted by Gasteiger charge is 2.24. The lowest BCUT2D eigenvalue weighted by Gasteiger charge is -2.29. The Morgan fingerprint density at radius 2 is 1.67 bits per heavy atom. The number of hydrogen-bond donors (Lipinski definition) is 1. The molecule has 1 N–H and O–H groups in total. The Hall–Kier alpha value is -2.21. The summed E-state index contributed by atoms with van der Waals surface area (Å²) in [4.78, 5) is 0. The van der Waals surface area contributed by atoms with Gasteiger partial charge in [0, 0.05) is 5.56 Å². The van der Waals surface area contributed by atoms with Gasteiger partial charge in [-0.1, -0.05) is 6.07 Å². The number of ether oxygens (including phenoxy) is 2. The van der Waals surface area contributed by atoms with Crippen molar-refractivity contribution in [3.63, 3.8) is 0 Å². The van der Waals surface area contributed by atoms with E-state index in [0.717, 1.165) is 31.2 Å². The summed E-state index contributed by atoms with van der Waals surface area (Å²) in [5.41, 5.74) is 0.868. The summed E-state index contributed by atoms with van der Waals surface area (Å²) in [6.45, 7) is -0.252. The van der Waals surface area contributed by atoms with Crippen molar-refractivity contribution in [1.82, 2.24) is 0 Å². The number of hydrogen-bond acceptors (Lipinski definition) is 3. The summed E-state index contributed by atoms with van der Waals surface area (Å²) >= 11 is 0. The van der Waals surface area contributed by atoms with E-state index in [1.807, 2.05) is 6.07 Å². The highest BCUT2D eigenvalue weighted by atomic mass is 19.2. The van der Waals surface area contributed by atoms with Crippen LogP contribution in [0.25, 0.3) is 0 Å². The van der Waals surface area contributed by atoms with Crippen LogP contribution in [-0.4, -0.2) is 18.8 Å². The van der Waals surface area contributed by atoms with E-state index in [0.29, 0.717) is 6.61 Å². The number of aliphatic hydroxyl groups excluding tert-OH is 1. The first-order valence-corrected chi connectivity index (χ1v) is 9.07. The second-order valence-corrected chi connectivity index (χ2v) is 6.93. The maximum absolute atomic E-state index is 13.9. The molecule has 2 aromatic rings. The predicted molar refractivity (Wildman–Crippen MR) is 95.4 cm³/mol. The number of methoxy groups -OCH3 is 1. The maximum Gasteiger partial charge on any atom is 0.200 e. The molecule has 27 heavy (non-hydrogen) atoms. The summed E-state index contributed by atoms with van der Waals surface area (Å²) in [7, 11) is 1.44. The van der Waals surface area contributed by atoms with Gasteiger partial charge in [-0.2, -0.15) is 4.39 Å². The minimum absolute atomic E-state index is 0.0907. The molecule has 1 saturated carbocycles. The van der Waals surface area contributed by atoms with Crippen LogP contribution in [0.1, 0.15) is 42.7 Å². The normalized spacial score (nSPS) is 19.7. The Morgan fingerprint density at radius 3 is 2.30 bits per heavy atom. The lowest BCUT2D eigenvalue weighted by Crippen LogP contribution is -2.20. The predicted octanol–water partition coefficient (Wildman–Crippen LogP) is 4.96. The molecule has 1 aliphatic carbocycles. The molecule has 3 nitrogen and oxygen atoms in total. The molecule has 0 heterocycles. The molecule has 0 atom stereocenters. The minimum Gasteiger partial charge on any atom is -0.494 e. The van der Waals surface area contributed by atoms with Crippen LogP contribution in [0.15, 0.2) is 30.3 Å². The molecule has 1 aliphatic rings. The molecule has 0 bridgehead atoms. The average Bonchev–Trinajstić information content (AvgIpc) is 2.69. The summed E-state index contributed by atoms with van der Waals surface area (Å²) in [5, 5.41) is 8.95. The van der Waals surface area contributed by atoms with E-state index >= 15 is 0 Å². The van der Waals surface area contributed by atoms with E-state index in [2.05, 4.69) is 0 Å². The van der Waals surface area contributed by atoms with Gasteiger partial charge in [0.1, 0.15) is 0 Å². The van der Waals surface area contributed by atoms with Crippen LogP contribution in [0.5, 0.6) is 11.5 Å². The van der Waals surface area contributed by atoms with Crippen molar-refractivity contribution in [3.05, 3.63) is 58.9 Å². The lowest BCUT2D eigenvalue weighted by atomic mass is 9.79. The Labute approximate surface area is 156 Å². The van der Waals surface area contributed by atoms with E-state index in [1.54, 1.807) is 6.07 Å². The first-order chi connectivity index (χ1) is 13.0. The second kappa shape index (κ2) is 8.65. The molecular weight excluding hydrogens is 357 g/mol. The van der Waals surface area contributed by atoms with Gasteiger partial charge in [-0.15, -0.1) is 0 Å². The molecule has 6 heteroatoms. The molecule has 0 spiro atoms. The van der Waals surface area contributed by atoms with Crippen molar-refractivity contribution < 1.29 is 27.8 Å². The van der Waals surface area contributed by atoms with Crippen LogP contribution >= 0.6 is 0 Å². The Morgan fingerprint density at radius 1 is 0.963 bits per heavy atom. The molecule has 0 radical (unpaired) electrons. The van der Waals surface area contributed by atoms with Crippen LogP contribution in [0, 0.1) is 23.4 Å². The summed E-state index contributed by atoms with van der Waals surface area (Å²) in [6, 6.07) is 7.73. The molecular formula is C21H23F3O3. The van der Waals surface area contributed by atoms with Crippen molar-refractivity contribution in [2.24, 2.45) is 5.92 Å². The second-order valence-electron chi connectivity index (χ2n) is 6.93. The smallest absolute Gasteiger partial charge is 0.200 e. The van der Waals surface area contributed by atoms with Gasteiger partial charge in [0.15, 0.2) is 23.1 Å². The van der Waals surface area contributed by atoms with Gasteiger partial charge in [0.2, 0.25) is 5.82 Å². The SMILES string of the molecule is COc1ccc(C2CCC(COc3ccc(CO)c(F)c3F)CC2)cc1F. The lowest BCUT2D eigenvalue weighted by molar-refractivity contribution is 0.192. The number of benzene rings is 2. The first kappa shape index (κ1) is 19.5. The van der Waals surface area contributed by atoms with Crippen molar-refractivity contribution in [2.75, 3.05) is 13.7 Å². The molecule has 3 rings (SSSR count). The summed E-state index contributed by atoms with van der Waals surface area (Å²) in [6.07, 6.45) is 3.52. The third-order valence-corrected chi connectivity index (χ3v) is 5.27. The van der Waals surface area contributed by atoms with Crippen LogP contribution in [0.2, 0.25) is 0 Å². The van der Waals surface area contributed by atoms with Crippen LogP contribution in [0.4, 0.5) is 13.2 Å². The van der Waals surface area contributed by atoms with Gasteiger partial charge < -0.3 is 14.6 Å². The fourth-order valence-corrected chi connectivity index (χ4v) is 3.61. The van der Waals surface area contributed by atoms with E-state index in [4.69, 9.17) is 14.6 Å². The van der Waals surface area contributed by atoms with E-state index < -0.39 is 18.2 Å². The van der Waals surface area contributed by atoms with E-state index in [9.17, 15) is 13.2 Å². The Bertz CT molecular complexity index is 786. The molecule has 0 amide bonds. The zero-order chi connectivity index (χ0) is 19.4. The molecule has 0 unspecified atom stereocenters. The van der Waals surface area contributed by atoms with Crippen LogP contribution in [-0.2, 0) is 6.61 Å². The summed E-state index contributed by atoms with van der Waals surface area (Å²) in [5.74, 6) is -1.87. The monoisotopic (exact) mass is 380 g/mol. The average molecular weight is 380 g/mol. The third-order valence-electron chi connectivity index (χ3n) is 5.27. The van der Waals surface area contributed by atoms with Gasteiger partial charge in [-0.3, -0.25) is 0 Å².